The van der Waals surface area contributed by atoms with E-state index in [9.17, 15) is 4.79 Å². The average molecular weight is 288 g/mol. The molecule has 0 saturated carbocycles. The van der Waals surface area contributed by atoms with Gasteiger partial charge in [0, 0.05) is 21.1 Å². The van der Waals surface area contributed by atoms with Crippen LogP contribution in [0.2, 0.25) is 0 Å². The first-order valence-electron chi connectivity index (χ1n) is 4.68. The monoisotopic (exact) mass is 287 g/mol. The number of likely N-dealkylation sites (N-methyl/N-ethyl adjacent to an activating group) is 1. The van der Waals surface area contributed by atoms with Gasteiger partial charge in [-0.2, -0.15) is 0 Å². The summed E-state index contributed by atoms with van der Waals surface area (Å²) in [6, 6.07) is 0. The summed E-state index contributed by atoms with van der Waals surface area (Å²) in [7, 11) is 5.18. The van der Waals surface area contributed by atoms with Crippen LogP contribution in [-0.4, -0.2) is 48.5 Å². The summed E-state index contributed by atoms with van der Waals surface area (Å²) in [5, 5.41) is 5.85. The molecular formula is C9H14BrN5O. The fourth-order valence-electron chi connectivity index (χ4n) is 0.985. The molecule has 0 fully saturated rings. The second-order valence-electron chi connectivity index (χ2n) is 3.28. The van der Waals surface area contributed by atoms with Crippen molar-refractivity contribution in [3.8, 4) is 0 Å². The number of carbonyl (C=O) groups excluding carboxylic acids is 1. The highest BCUT2D eigenvalue weighted by Crippen LogP contribution is 2.25. The van der Waals surface area contributed by atoms with Crippen LogP contribution < -0.4 is 10.6 Å². The number of aromatic nitrogens is 2. The number of halogens is 1. The Hall–Kier alpha value is -1.37. The van der Waals surface area contributed by atoms with Gasteiger partial charge in [-0.05, 0) is 15.9 Å². The molecule has 16 heavy (non-hydrogen) atoms. The molecule has 0 saturated heterocycles. The average Bonchev–Trinajstić information content (AvgIpc) is 2.27. The maximum atomic E-state index is 11.4. The Morgan fingerprint density at radius 1 is 1.44 bits per heavy atom. The zero-order valence-corrected chi connectivity index (χ0v) is 11.0. The maximum Gasteiger partial charge on any atom is 0.241 e. The minimum Gasteiger partial charge on any atom is -0.372 e. The van der Waals surface area contributed by atoms with Crippen molar-refractivity contribution in [3.05, 3.63) is 10.8 Å². The van der Waals surface area contributed by atoms with Crippen LogP contribution in [0.1, 0.15) is 0 Å². The summed E-state index contributed by atoms with van der Waals surface area (Å²) >= 11 is 3.35. The first-order valence-corrected chi connectivity index (χ1v) is 5.47. The molecule has 2 N–H and O–H groups in total. The third kappa shape index (κ3) is 3.06. The lowest BCUT2D eigenvalue weighted by molar-refractivity contribution is -0.126. The lowest BCUT2D eigenvalue weighted by atomic mass is 10.5. The molecule has 0 aliphatic heterocycles. The van der Waals surface area contributed by atoms with E-state index in [4.69, 9.17) is 0 Å². The minimum atomic E-state index is -0.0171. The minimum absolute atomic E-state index is 0.0171. The number of carbonyl (C=O) groups is 1. The Bertz CT molecular complexity index is 382. The summed E-state index contributed by atoms with van der Waals surface area (Å²) in [6.07, 6.45) is 1.43. The van der Waals surface area contributed by atoms with Crippen LogP contribution in [0.5, 0.6) is 0 Å². The molecule has 0 spiro atoms. The van der Waals surface area contributed by atoms with Crippen LogP contribution in [-0.2, 0) is 4.79 Å². The van der Waals surface area contributed by atoms with E-state index in [1.807, 2.05) is 0 Å². The molecule has 0 bridgehead atoms. The van der Waals surface area contributed by atoms with Crippen molar-refractivity contribution in [2.45, 2.75) is 0 Å². The number of hydrogen-bond acceptors (Lipinski definition) is 5. The third-order valence-corrected chi connectivity index (χ3v) is 2.68. The Morgan fingerprint density at radius 2 is 2.06 bits per heavy atom. The van der Waals surface area contributed by atoms with Gasteiger partial charge in [-0.3, -0.25) is 4.79 Å². The van der Waals surface area contributed by atoms with E-state index < -0.39 is 0 Å². The van der Waals surface area contributed by atoms with Crippen LogP contribution in [0.15, 0.2) is 10.8 Å². The van der Waals surface area contributed by atoms with Crippen LogP contribution in [0.3, 0.4) is 0 Å². The Balaban J connectivity index is 2.71. The summed E-state index contributed by atoms with van der Waals surface area (Å²) in [5.41, 5.74) is 0. The number of anilines is 2. The second kappa shape index (κ2) is 5.64. The van der Waals surface area contributed by atoms with Gasteiger partial charge >= 0.3 is 0 Å². The van der Waals surface area contributed by atoms with Gasteiger partial charge in [0.2, 0.25) is 5.91 Å². The van der Waals surface area contributed by atoms with Crippen molar-refractivity contribution in [1.29, 1.82) is 0 Å². The molecule has 6 nitrogen and oxygen atoms in total. The van der Waals surface area contributed by atoms with Crippen molar-refractivity contribution < 1.29 is 4.79 Å². The van der Waals surface area contributed by atoms with E-state index in [1.165, 1.54) is 11.2 Å². The Labute approximate surface area is 103 Å². The molecule has 0 aliphatic carbocycles. The van der Waals surface area contributed by atoms with Gasteiger partial charge in [0.25, 0.3) is 0 Å². The van der Waals surface area contributed by atoms with Crippen molar-refractivity contribution in [2.75, 3.05) is 38.3 Å². The van der Waals surface area contributed by atoms with Crippen molar-refractivity contribution in [3.63, 3.8) is 0 Å². The highest BCUT2D eigenvalue weighted by molar-refractivity contribution is 9.10. The zero-order chi connectivity index (χ0) is 12.1. The van der Waals surface area contributed by atoms with E-state index in [0.29, 0.717) is 16.1 Å². The largest absolute Gasteiger partial charge is 0.372 e. The number of nitrogens with one attached hydrogen (secondary N) is 2. The summed E-state index contributed by atoms with van der Waals surface area (Å²) < 4.78 is 0.712. The van der Waals surface area contributed by atoms with Gasteiger partial charge in [-0.1, -0.05) is 0 Å². The fourth-order valence-corrected chi connectivity index (χ4v) is 1.53. The van der Waals surface area contributed by atoms with Crippen molar-refractivity contribution in [1.82, 2.24) is 14.9 Å². The zero-order valence-electron chi connectivity index (χ0n) is 9.41. The van der Waals surface area contributed by atoms with Gasteiger partial charge in [0.15, 0.2) is 0 Å². The van der Waals surface area contributed by atoms with Gasteiger partial charge in [-0.25, -0.2) is 9.97 Å². The third-order valence-electron chi connectivity index (χ3n) is 1.93. The Morgan fingerprint density at radius 3 is 2.62 bits per heavy atom. The number of amides is 1. The Kier molecular flexibility index (Phi) is 4.48. The molecule has 7 heteroatoms. The predicted molar refractivity (Wildman–Crippen MR) is 66.5 cm³/mol. The number of nitrogens with zero attached hydrogens (tertiary/aromatic N) is 3. The smallest absolute Gasteiger partial charge is 0.241 e. The molecule has 0 atom stereocenters. The molecule has 1 amide bonds. The van der Waals surface area contributed by atoms with Gasteiger partial charge in [0.1, 0.15) is 22.4 Å². The first kappa shape index (κ1) is 12.7. The van der Waals surface area contributed by atoms with Crippen molar-refractivity contribution >= 4 is 33.5 Å². The van der Waals surface area contributed by atoms with Crippen molar-refractivity contribution in [2.24, 2.45) is 0 Å². The summed E-state index contributed by atoms with van der Waals surface area (Å²) in [6.45, 7) is 0.200. The normalized spacial score (nSPS) is 9.75. The second-order valence-corrected chi connectivity index (χ2v) is 4.07. The van der Waals surface area contributed by atoms with E-state index in [2.05, 4.69) is 36.5 Å². The standard InChI is InChI=1S/C9H14BrN5O/c1-11-8-7(10)9(14-5-13-8)12-4-6(16)15(2)3/h5H,4H2,1-3H3,(H2,11,12,13,14). The predicted octanol–water partition coefficient (Wildman–Crippen LogP) is 0.781. The summed E-state index contributed by atoms with van der Waals surface area (Å²) in [5.74, 6) is 1.25. The van der Waals surface area contributed by atoms with E-state index in [1.54, 1.807) is 21.1 Å². The van der Waals surface area contributed by atoms with E-state index in [-0.39, 0.29) is 12.5 Å². The lowest BCUT2D eigenvalue weighted by Crippen LogP contribution is -2.29. The van der Waals surface area contributed by atoms with Gasteiger partial charge in [-0.15, -0.1) is 0 Å². The van der Waals surface area contributed by atoms with Crippen LogP contribution in [0.4, 0.5) is 11.6 Å². The number of hydrogen-bond donors (Lipinski definition) is 2. The van der Waals surface area contributed by atoms with Crippen LogP contribution in [0.25, 0.3) is 0 Å². The topological polar surface area (TPSA) is 70.1 Å². The highest BCUT2D eigenvalue weighted by atomic mass is 79.9. The summed E-state index contributed by atoms with van der Waals surface area (Å²) in [4.78, 5) is 20.9. The molecule has 1 heterocycles. The molecule has 0 aliphatic rings. The van der Waals surface area contributed by atoms with Gasteiger partial charge < -0.3 is 15.5 Å². The molecule has 1 aromatic heterocycles. The molecule has 0 aromatic carbocycles. The molecule has 0 unspecified atom stereocenters. The highest BCUT2D eigenvalue weighted by Gasteiger charge is 2.09. The maximum absolute atomic E-state index is 11.4. The van der Waals surface area contributed by atoms with E-state index in [0.717, 1.165) is 0 Å². The molecule has 1 aromatic rings. The molecule has 1 rings (SSSR count). The van der Waals surface area contributed by atoms with Gasteiger partial charge in [0.05, 0.1) is 6.54 Å². The number of rotatable bonds is 4. The lowest BCUT2D eigenvalue weighted by Gasteiger charge is -2.12. The van der Waals surface area contributed by atoms with Crippen LogP contribution >= 0.6 is 15.9 Å². The molecule has 0 radical (unpaired) electrons. The first-order chi connectivity index (χ1) is 7.56. The van der Waals surface area contributed by atoms with E-state index >= 15 is 0 Å². The fraction of sp³-hybridized carbons (Fsp3) is 0.444. The molecule has 88 valence electrons. The molecular weight excluding hydrogens is 274 g/mol. The van der Waals surface area contributed by atoms with Crippen LogP contribution in [0, 0.1) is 0 Å². The SMILES string of the molecule is CNc1ncnc(NCC(=O)N(C)C)c1Br. The quantitative estimate of drug-likeness (QED) is 0.857.